The average molecular weight is 229 g/mol. The van der Waals surface area contributed by atoms with Crippen molar-refractivity contribution in [1.29, 1.82) is 0 Å². The minimum absolute atomic E-state index is 0.207. The van der Waals surface area contributed by atoms with Crippen molar-refractivity contribution in [2.75, 3.05) is 6.61 Å². The fourth-order valence-corrected chi connectivity index (χ4v) is 4.12. The molecule has 0 amide bonds. The van der Waals surface area contributed by atoms with Crippen LogP contribution in [0.3, 0.4) is 0 Å². The first-order valence-corrected chi connectivity index (χ1v) is 6.86. The van der Waals surface area contributed by atoms with Crippen molar-refractivity contribution in [2.45, 2.75) is 31.7 Å². The van der Waals surface area contributed by atoms with E-state index in [1.165, 1.54) is 30.4 Å². The molecule has 1 aromatic carbocycles. The molecule has 3 atom stereocenters. The molecule has 2 heteroatoms. The van der Waals surface area contributed by atoms with Crippen molar-refractivity contribution in [3.05, 3.63) is 29.3 Å². The fraction of sp³-hybridized carbons (Fsp3) is 0.600. The lowest BCUT2D eigenvalue weighted by atomic mass is 9.95. The van der Waals surface area contributed by atoms with Gasteiger partial charge in [-0.25, -0.2) is 0 Å². The SMILES string of the molecule is NC(c1cccc2c1OCC2)C1C2CCCC21. The highest BCUT2D eigenvalue weighted by atomic mass is 16.5. The van der Waals surface area contributed by atoms with Crippen LogP contribution in [-0.2, 0) is 6.42 Å². The molecule has 2 N–H and O–H groups in total. The average Bonchev–Trinajstić information content (AvgIpc) is 2.77. The zero-order valence-corrected chi connectivity index (χ0v) is 10.1. The lowest BCUT2D eigenvalue weighted by Gasteiger charge is -2.17. The summed E-state index contributed by atoms with van der Waals surface area (Å²) in [7, 11) is 0. The van der Waals surface area contributed by atoms with Crippen LogP contribution in [0.15, 0.2) is 18.2 Å². The van der Waals surface area contributed by atoms with E-state index < -0.39 is 0 Å². The molecule has 90 valence electrons. The summed E-state index contributed by atoms with van der Waals surface area (Å²) in [5.74, 6) is 3.67. The first-order chi connectivity index (χ1) is 8.36. The second kappa shape index (κ2) is 3.49. The van der Waals surface area contributed by atoms with Crippen LogP contribution in [0.4, 0.5) is 0 Å². The summed E-state index contributed by atoms with van der Waals surface area (Å²) in [6.07, 6.45) is 5.27. The van der Waals surface area contributed by atoms with Crippen LogP contribution >= 0.6 is 0 Å². The number of hydrogen-bond acceptors (Lipinski definition) is 2. The Morgan fingerprint density at radius 2 is 2.06 bits per heavy atom. The third-order valence-corrected chi connectivity index (χ3v) is 4.99. The second-order valence-corrected chi connectivity index (χ2v) is 5.80. The van der Waals surface area contributed by atoms with Gasteiger partial charge in [-0.05, 0) is 36.2 Å². The summed E-state index contributed by atoms with van der Waals surface area (Å²) >= 11 is 0. The van der Waals surface area contributed by atoms with Crippen LogP contribution in [0, 0.1) is 17.8 Å². The lowest BCUT2D eigenvalue weighted by molar-refractivity contribution is 0.348. The Morgan fingerprint density at radius 1 is 1.24 bits per heavy atom. The Kier molecular flexibility index (Phi) is 2.04. The molecule has 0 radical (unpaired) electrons. The monoisotopic (exact) mass is 229 g/mol. The summed E-state index contributed by atoms with van der Waals surface area (Å²) < 4.78 is 5.77. The molecule has 2 fully saturated rings. The van der Waals surface area contributed by atoms with Crippen molar-refractivity contribution < 1.29 is 4.74 Å². The van der Waals surface area contributed by atoms with Gasteiger partial charge >= 0.3 is 0 Å². The fourth-order valence-electron chi connectivity index (χ4n) is 4.12. The molecule has 0 aromatic heterocycles. The third-order valence-electron chi connectivity index (χ3n) is 4.99. The Morgan fingerprint density at radius 3 is 2.88 bits per heavy atom. The molecular formula is C15H19NO. The highest BCUT2D eigenvalue weighted by molar-refractivity contribution is 5.46. The molecule has 0 bridgehead atoms. The highest BCUT2D eigenvalue weighted by Crippen LogP contribution is 2.62. The number of fused-ring (bicyclic) bond motifs is 2. The molecule has 3 unspecified atom stereocenters. The van der Waals surface area contributed by atoms with E-state index in [0.29, 0.717) is 0 Å². The summed E-state index contributed by atoms with van der Waals surface area (Å²) in [5.41, 5.74) is 9.10. The topological polar surface area (TPSA) is 35.2 Å². The molecule has 2 saturated carbocycles. The van der Waals surface area contributed by atoms with Crippen LogP contribution in [0.2, 0.25) is 0 Å². The number of ether oxygens (including phenoxy) is 1. The highest BCUT2D eigenvalue weighted by Gasteiger charge is 2.55. The minimum atomic E-state index is 0.207. The summed E-state index contributed by atoms with van der Waals surface area (Å²) in [6, 6.07) is 6.69. The van der Waals surface area contributed by atoms with Crippen LogP contribution in [-0.4, -0.2) is 6.61 Å². The normalized spacial score (nSPS) is 35.0. The van der Waals surface area contributed by atoms with E-state index in [-0.39, 0.29) is 6.04 Å². The standard InChI is InChI=1S/C15H19NO/c16-14(13-10-4-2-5-11(10)13)12-6-1-3-9-7-8-17-15(9)12/h1,3,6,10-11,13-14H,2,4-5,7-8,16H2. The van der Waals surface area contributed by atoms with Gasteiger partial charge in [0.1, 0.15) is 5.75 Å². The molecule has 2 aliphatic carbocycles. The van der Waals surface area contributed by atoms with Crippen LogP contribution in [0.1, 0.15) is 36.4 Å². The predicted octanol–water partition coefficient (Wildman–Crippen LogP) is 2.67. The van der Waals surface area contributed by atoms with Crippen molar-refractivity contribution in [3.8, 4) is 5.75 Å². The van der Waals surface area contributed by atoms with E-state index in [4.69, 9.17) is 10.5 Å². The maximum atomic E-state index is 6.48. The maximum absolute atomic E-state index is 6.48. The van der Waals surface area contributed by atoms with Crippen molar-refractivity contribution >= 4 is 0 Å². The zero-order chi connectivity index (χ0) is 11.4. The summed E-state index contributed by atoms with van der Waals surface area (Å²) in [5, 5.41) is 0. The molecule has 1 aromatic rings. The number of benzene rings is 1. The molecule has 1 aliphatic heterocycles. The van der Waals surface area contributed by atoms with E-state index in [2.05, 4.69) is 18.2 Å². The maximum Gasteiger partial charge on any atom is 0.127 e. The minimum Gasteiger partial charge on any atom is -0.493 e. The van der Waals surface area contributed by atoms with Crippen LogP contribution in [0.25, 0.3) is 0 Å². The Bertz CT molecular complexity index is 446. The van der Waals surface area contributed by atoms with Gasteiger partial charge in [0.05, 0.1) is 6.61 Å². The number of para-hydroxylation sites is 1. The molecule has 4 rings (SSSR count). The zero-order valence-electron chi connectivity index (χ0n) is 10.1. The van der Waals surface area contributed by atoms with Gasteiger partial charge in [-0.15, -0.1) is 0 Å². The third kappa shape index (κ3) is 1.37. The van der Waals surface area contributed by atoms with Gasteiger partial charge in [0.25, 0.3) is 0 Å². The Hall–Kier alpha value is -1.02. The van der Waals surface area contributed by atoms with Gasteiger partial charge in [-0.2, -0.15) is 0 Å². The van der Waals surface area contributed by atoms with Crippen LogP contribution < -0.4 is 10.5 Å². The molecular weight excluding hydrogens is 210 g/mol. The number of nitrogens with two attached hydrogens (primary N) is 1. The molecule has 17 heavy (non-hydrogen) atoms. The Labute approximate surface area is 102 Å². The number of rotatable bonds is 2. The van der Waals surface area contributed by atoms with Gasteiger partial charge < -0.3 is 10.5 Å². The van der Waals surface area contributed by atoms with E-state index in [0.717, 1.165) is 36.5 Å². The lowest BCUT2D eigenvalue weighted by Crippen LogP contribution is -2.16. The van der Waals surface area contributed by atoms with E-state index >= 15 is 0 Å². The van der Waals surface area contributed by atoms with Crippen molar-refractivity contribution in [3.63, 3.8) is 0 Å². The van der Waals surface area contributed by atoms with Gasteiger partial charge in [0.2, 0.25) is 0 Å². The number of hydrogen-bond donors (Lipinski definition) is 1. The molecule has 3 aliphatic rings. The first-order valence-electron chi connectivity index (χ1n) is 6.86. The first kappa shape index (κ1) is 9.95. The Balaban J connectivity index is 1.65. The van der Waals surface area contributed by atoms with Crippen molar-refractivity contribution in [2.24, 2.45) is 23.5 Å². The second-order valence-electron chi connectivity index (χ2n) is 5.80. The van der Waals surface area contributed by atoms with Gasteiger partial charge in [-0.1, -0.05) is 24.6 Å². The quantitative estimate of drug-likeness (QED) is 0.846. The van der Waals surface area contributed by atoms with Crippen molar-refractivity contribution in [1.82, 2.24) is 0 Å². The predicted molar refractivity (Wildman–Crippen MR) is 66.9 cm³/mol. The van der Waals surface area contributed by atoms with E-state index in [1.54, 1.807) is 0 Å². The summed E-state index contributed by atoms with van der Waals surface area (Å²) in [4.78, 5) is 0. The smallest absolute Gasteiger partial charge is 0.127 e. The van der Waals surface area contributed by atoms with Gasteiger partial charge in [0.15, 0.2) is 0 Å². The van der Waals surface area contributed by atoms with Crippen LogP contribution in [0.5, 0.6) is 5.75 Å². The molecule has 1 heterocycles. The molecule has 0 saturated heterocycles. The van der Waals surface area contributed by atoms with E-state index in [9.17, 15) is 0 Å². The van der Waals surface area contributed by atoms with Gasteiger partial charge in [-0.3, -0.25) is 0 Å². The summed E-state index contributed by atoms with van der Waals surface area (Å²) in [6.45, 7) is 0.830. The van der Waals surface area contributed by atoms with Gasteiger partial charge in [0, 0.05) is 18.0 Å². The molecule has 2 nitrogen and oxygen atoms in total. The largest absolute Gasteiger partial charge is 0.493 e. The van der Waals surface area contributed by atoms with E-state index in [1.807, 2.05) is 0 Å². The molecule has 0 spiro atoms.